The summed E-state index contributed by atoms with van der Waals surface area (Å²) in [6.45, 7) is 9.47. The zero-order valence-electron chi connectivity index (χ0n) is 16.1. The molecular formula is C20H25ClN2O3S. The van der Waals surface area contributed by atoms with E-state index in [1.807, 2.05) is 27.7 Å². The van der Waals surface area contributed by atoms with Crippen molar-refractivity contribution in [1.29, 1.82) is 0 Å². The summed E-state index contributed by atoms with van der Waals surface area (Å²) in [5.41, 5.74) is 4.44. The molecule has 2 aromatic rings. The molecule has 2 rings (SSSR count). The molecule has 0 saturated carbocycles. The van der Waals surface area contributed by atoms with Gasteiger partial charge in [0.15, 0.2) is 0 Å². The fourth-order valence-corrected chi connectivity index (χ4v) is 4.16. The molecule has 0 saturated heterocycles. The predicted molar refractivity (Wildman–Crippen MR) is 108 cm³/mol. The lowest BCUT2D eigenvalue weighted by atomic mass is 9.96. The van der Waals surface area contributed by atoms with Crippen molar-refractivity contribution < 1.29 is 13.2 Å². The van der Waals surface area contributed by atoms with E-state index in [0.29, 0.717) is 5.02 Å². The maximum atomic E-state index is 12.5. The first-order valence-electron chi connectivity index (χ1n) is 8.67. The first kappa shape index (κ1) is 21.4. The first-order valence-corrected chi connectivity index (χ1v) is 10.5. The van der Waals surface area contributed by atoms with Crippen molar-refractivity contribution in [2.24, 2.45) is 0 Å². The van der Waals surface area contributed by atoms with Crippen LogP contribution in [0, 0.1) is 20.8 Å². The quantitative estimate of drug-likeness (QED) is 0.763. The Hall–Kier alpha value is -1.89. The van der Waals surface area contributed by atoms with Crippen LogP contribution in [-0.2, 0) is 14.8 Å². The van der Waals surface area contributed by atoms with Crippen LogP contribution >= 0.6 is 11.6 Å². The largest absolute Gasteiger partial charge is 0.348 e. The Kier molecular flexibility index (Phi) is 6.68. The number of carbonyl (C=O) groups excluding carboxylic acids is 1. The molecule has 7 heteroatoms. The van der Waals surface area contributed by atoms with Crippen LogP contribution in [0.3, 0.4) is 0 Å². The molecule has 2 N–H and O–H groups in total. The van der Waals surface area contributed by atoms with E-state index < -0.39 is 22.0 Å². The second kappa shape index (κ2) is 8.42. The third-order valence-corrected chi connectivity index (χ3v) is 6.37. The summed E-state index contributed by atoms with van der Waals surface area (Å²) in [5, 5.41) is 3.32. The monoisotopic (exact) mass is 408 g/mol. The fraction of sp³-hybridized carbons (Fsp3) is 0.350. The van der Waals surface area contributed by atoms with Gasteiger partial charge >= 0.3 is 0 Å². The molecule has 0 spiro atoms. The van der Waals surface area contributed by atoms with Gasteiger partial charge in [0.2, 0.25) is 15.9 Å². The number of benzene rings is 2. The topological polar surface area (TPSA) is 75.3 Å². The highest BCUT2D eigenvalue weighted by molar-refractivity contribution is 7.89. The molecule has 0 aliphatic carbocycles. The molecule has 2 aromatic carbocycles. The zero-order chi connectivity index (χ0) is 20.4. The lowest BCUT2D eigenvalue weighted by Gasteiger charge is -2.21. The van der Waals surface area contributed by atoms with Gasteiger partial charge in [-0.1, -0.05) is 23.7 Å². The number of hydrogen-bond donors (Lipinski definition) is 2. The van der Waals surface area contributed by atoms with Crippen LogP contribution in [0.2, 0.25) is 5.02 Å². The van der Waals surface area contributed by atoms with Crippen molar-refractivity contribution >= 4 is 27.5 Å². The van der Waals surface area contributed by atoms with E-state index in [9.17, 15) is 13.2 Å². The Morgan fingerprint density at radius 1 is 0.963 bits per heavy atom. The Morgan fingerprint density at radius 2 is 1.52 bits per heavy atom. The van der Waals surface area contributed by atoms with E-state index in [2.05, 4.69) is 22.2 Å². The fourth-order valence-electron chi connectivity index (χ4n) is 2.83. The molecule has 0 aromatic heterocycles. The summed E-state index contributed by atoms with van der Waals surface area (Å²) in [6.07, 6.45) is 0. The molecule has 2 atom stereocenters. The van der Waals surface area contributed by atoms with Gasteiger partial charge in [-0.05, 0) is 81.1 Å². The third-order valence-electron chi connectivity index (χ3n) is 4.56. The maximum Gasteiger partial charge on any atom is 0.241 e. The number of carbonyl (C=O) groups is 1. The molecule has 146 valence electrons. The molecule has 0 bridgehead atoms. The molecule has 0 aliphatic heterocycles. The van der Waals surface area contributed by atoms with Crippen LogP contribution in [0.15, 0.2) is 41.3 Å². The third kappa shape index (κ3) is 5.31. The number of sulfonamides is 1. The van der Waals surface area contributed by atoms with Gasteiger partial charge in [-0.25, -0.2) is 8.42 Å². The smallest absolute Gasteiger partial charge is 0.241 e. The lowest BCUT2D eigenvalue weighted by molar-refractivity contribution is -0.123. The number of amides is 1. The van der Waals surface area contributed by atoms with Crippen molar-refractivity contribution in [1.82, 2.24) is 10.0 Å². The molecule has 0 heterocycles. The van der Waals surface area contributed by atoms with Gasteiger partial charge in [-0.15, -0.1) is 0 Å². The minimum Gasteiger partial charge on any atom is -0.348 e. The average molecular weight is 409 g/mol. The van der Waals surface area contributed by atoms with Crippen LogP contribution in [-0.4, -0.2) is 20.4 Å². The van der Waals surface area contributed by atoms with Gasteiger partial charge in [0.25, 0.3) is 0 Å². The molecular weight excluding hydrogens is 384 g/mol. The number of halogens is 1. The Morgan fingerprint density at radius 3 is 2.11 bits per heavy atom. The summed E-state index contributed by atoms with van der Waals surface area (Å²) < 4.78 is 27.2. The molecule has 27 heavy (non-hydrogen) atoms. The second-order valence-electron chi connectivity index (χ2n) is 6.82. The second-order valence-corrected chi connectivity index (χ2v) is 8.97. The van der Waals surface area contributed by atoms with Crippen molar-refractivity contribution in [2.45, 2.75) is 51.6 Å². The Balaban J connectivity index is 2.09. The highest BCUT2D eigenvalue weighted by Crippen LogP contribution is 2.22. The molecule has 0 aliphatic rings. The number of rotatable bonds is 6. The van der Waals surface area contributed by atoms with Crippen LogP contribution in [0.1, 0.15) is 42.1 Å². The van der Waals surface area contributed by atoms with Gasteiger partial charge in [-0.3, -0.25) is 4.79 Å². The highest BCUT2D eigenvalue weighted by Gasteiger charge is 2.23. The molecule has 0 radical (unpaired) electrons. The minimum atomic E-state index is -3.81. The Bertz CT molecular complexity index is 940. The normalized spacial score (nSPS) is 13.9. The van der Waals surface area contributed by atoms with E-state index >= 15 is 0 Å². The predicted octanol–water partition coefficient (Wildman–Crippen LogP) is 3.81. The van der Waals surface area contributed by atoms with Gasteiger partial charge in [0, 0.05) is 5.02 Å². The van der Waals surface area contributed by atoms with Gasteiger partial charge in [0.1, 0.15) is 0 Å². The first-order chi connectivity index (χ1) is 12.5. The summed E-state index contributed by atoms with van der Waals surface area (Å²) in [5.74, 6) is -0.391. The van der Waals surface area contributed by atoms with E-state index in [1.54, 1.807) is 0 Å². The molecule has 1 amide bonds. The van der Waals surface area contributed by atoms with Crippen LogP contribution in [0.25, 0.3) is 0 Å². The van der Waals surface area contributed by atoms with Gasteiger partial charge in [-0.2, -0.15) is 4.72 Å². The minimum absolute atomic E-state index is 0.0598. The van der Waals surface area contributed by atoms with Gasteiger partial charge in [0.05, 0.1) is 17.0 Å². The summed E-state index contributed by atoms with van der Waals surface area (Å²) in [6, 6.07) is 8.76. The highest BCUT2D eigenvalue weighted by atomic mass is 35.5. The Labute approximate surface area is 166 Å². The van der Waals surface area contributed by atoms with Crippen molar-refractivity contribution in [3.8, 4) is 0 Å². The van der Waals surface area contributed by atoms with E-state index in [4.69, 9.17) is 11.6 Å². The molecule has 5 nitrogen and oxygen atoms in total. The van der Waals surface area contributed by atoms with Crippen molar-refractivity contribution in [3.63, 3.8) is 0 Å². The lowest BCUT2D eigenvalue weighted by Crippen LogP contribution is -2.45. The number of nitrogens with one attached hydrogen (secondary N) is 2. The summed E-state index contributed by atoms with van der Waals surface area (Å²) in [7, 11) is -3.81. The van der Waals surface area contributed by atoms with E-state index in [-0.39, 0.29) is 10.9 Å². The SMILES string of the molecule is Cc1cc(C)c([C@H](C)NC(=O)[C@@H](C)NS(=O)(=O)c2ccc(Cl)cc2)cc1C. The van der Waals surface area contributed by atoms with E-state index in [0.717, 1.165) is 16.7 Å². The standard InChI is InChI=1S/C20H25ClN2O3S/c1-12-10-14(3)19(11-13(12)2)15(4)22-20(24)16(5)23-27(25,26)18-8-6-17(21)7-9-18/h6-11,15-16,23H,1-5H3,(H,22,24)/t15-,16+/m0/s1. The summed E-state index contributed by atoms with van der Waals surface area (Å²) >= 11 is 5.79. The average Bonchev–Trinajstić information content (AvgIpc) is 2.57. The van der Waals surface area contributed by atoms with E-state index in [1.165, 1.54) is 36.8 Å². The number of hydrogen-bond acceptors (Lipinski definition) is 3. The maximum absolute atomic E-state index is 12.5. The summed E-state index contributed by atoms with van der Waals surface area (Å²) in [4.78, 5) is 12.6. The number of aryl methyl sites for hydroxylation is 3. The zero-order valence-corrected chi connectivity index (χ0v) is 17.7. The van der Waals surface area contributed by atoms with Crippen molar-refractivity contribution in [3.05, 3.63) is 63.7 Å². The van der Waals surface area contributed by atoms with Gasteiger partial charge < -0.3 is 5.32 Å². The van der Waals surface area contributed by atoms with Crippen molar-refractivity contribution in [2.75, 3.05) is 0 Å². The molecule has 0 unspecified atom stereocenters. The molecule has 0 fully saturated rings. The van der Waals surface area contributed by atoms with Crippen LogP contribution in [0.4, 0.5) is 0 Å². The van der Waals surface area contributed by atoms with Crippen LogP contribution < -0.4 is 10.0 Å². The van der Waals surface area contributed by atoms with Crippen LogP contribution in [0.5, 0.6) is 0 Å².